The monoisotopic (exact) mass is 539 g/mol. The second-order valence-electron chi connectivity index (χ2n) is 12.6. The molecule has 6 N–H and O–H groups in total. The molecule has 2 saturated carbocycles. The number of aliphatic hydroxyl groups is 5. The van der Waals surface area contributed by atoms with Crippen LogP contribution in [0.4, 0.5) is 0 Å². The van der Waals surface area contributed by atoms with E-state index >= 15 is 0 Å². The van der Waals surface area contributed by atoms with Crippen LogP contribution in [0, 0.1) is 22.7 Å². The average molecular weight is 540 g/mol. The van der Waals surface area contributed by atoms with E-state index in [-0.39, 0.29) is 25.0 Å². The first kappa shape index (κ1) is 29.1. The van der Waals surface area contributed by atoms with Crippen LogP contribution in [-0.4, -0.2) is 97.6 Å². The van der Waals surface area contributed by atoms with Gasteiger partial charge in [-0.2, -0.15) is 0 Å². The molecule has 0 aromatic heterocycles. The maximum absolute atomic E-state index is 14.0. The highest BCUT2D eigenvalue weighted by atomic mass is 16.6. The molecule has 3 aliphatic carbocycles. The molecule has 214 valence electrons. The van der Waals surface area contributed by atoms with Crippen LogP contribution in [0.5, 0.6) is 0 Å². The number of nitrogens with one attached hydrogen (secondary N) is 1. The van der Waals surface area contributed by atoms with Gasteiger partial charge in [-0.05, 0) is 37.8 Å². The molecular weight excluding hydrogens is 498 g/mol. The molecule has 0 spiro atoms. The highest BCUT2D eigenvalue weighted by Crippen LogP contribution is 2.64. The maximum atomic E-state index is 14.0. The molecule has 11 atom stereocenters. The highest BCUT2D eigenvalue weighted by Gasteiger charge is 2.74. The Balaban J connectivity index is 1.82. The predicted octanol–water partition coefficient (Wildman–Crippen LogP) is -0.642. The third-order valence-corrected chi connectivity index (χ3v) is 10.3. The zero-order valence-corrected chi connectivity index (χ0v) is 23.0. The number of aliphatic hydroxyl groups excluding tert-OH is 3. The maximum Gasteiger partial charge on any atom is 0.337 e. The second kappa shape index (κ2) is 9.07. The number of ether oxygens (including phenoxy) is 2. The number of hydrogen-bond acceptors (Lipinski definition) is 10. The van der Waals surface area contributed by atoms with E-state index in [4.69, 9.17) is 9.47 Å². The Kier molecular flexibility index (Phi) is 6.95. The van der Waals surface area contributed by atoms with Gasteiger partial charge in [0.25, 0.3) is 0 Å². The molecule has 4 rings (SSSR count). The van der Waals surface area contributed by atoms with Crippen molar-refractivity contribution < 1.29 is 49.4 Å². The van der Waals surface area contributed by atoms with Crippen molar-refractivity contribution in [2.24, 2.45) is 22.7 Å². The zero-order chi connectivity index (χ0) is 28.7. The number of rotatable bonds is 4. The molecule has 8 unspecified atom stereocenters. The van der Waals surface area contributed by atoms with E-state index in [9.17, 15) is 39.9 Å². The lowest BCUT2D eigenvalue weighted by Gasteiger charge is -2.67. The largest absolute Gasteiger partial charge is 0.456 e. The van der Waals surface area contributed by atoms with Crippen molar-refractivity contribution in [1.82, 2.24) is 5.32 Å². The van der Waals surface area contributed by atoms with E-state index in [2.05, 4.69) is 5.32 Å². The summed E-state index contributed by atoms with van der Waals surface area (Å²) in [5.41, 5.74) is -5.48. The smallest absolute Gasteiger partial charge is 0.337 e. The Morgan fingerprint density at radius 1 is 1.18 bits per heavy atom. The number of carbonyl (C=O) groups is 3. The third-order valence-electron chi connectivity index (χ3n) is 10.3. The summed E-state index contributed by atoms with van der Waals surface area (Å²) in [4.78, 5) is 38.3. The second-order valence-corrected chi connectivity index (χ2v) is 12.6. The molecule has 1 amide bonds. The van der Waals surface area contributed by atoms with E-state index in [1.165, 1.54) is 20.8 Å². The van der Waals surface area contributed by atoms with Gasteiger partial charge >= 0.3 is 5.97 Å². The van der Waals surface area contributed by atoms with Crippen molar-refractivity contribution in [2.45, 2.75) is 109 Å². The van der Waals surface area contributed by atoms with Crippen LogP contribution in [0.15, 0.2) is 11.1 Å². The molecule has 2 bridgehead atoms. The number of amides is 1. The fourth-order valence-electron chi connectivity index (χ4n) is 7.93. The van der Waals surface area contributed by atoms with Gasteiger partial charge in [-0.1, -0.05) is 20.8 Å². The molecule has 11 nitrogen and oxygen atoms in total. The number of ketones is 1. The Hall–Kier alpha value is -1.89. The molecule has 3 fully saturated rings. The quantitative estimate of drug-likeness (QED) is 0.198. The van der Waals surface area contributed by atoms with Crippen LogP contribution in [0.2, 0.25) is 0 Å². The van der Waals surface area contributed by atoms with Gasteiger partial charge in [0.15, 0.2) is 11.9 Å². The van der Waals surface area contributed by atoms with E-state index in [1.807, 2.05) is 0 Å². The first-order valence-corrected chi connectivity index (χ1v) is 13.2. The lowest BCUT2D eigenvalue weighted by atomic mass is 9.43. The van der Waals surface area contributed by atoms with Crippen LogP contribution in [0.25, 0.3) is 0 Å². The summed E-state index contributed by atoms with van der Waals surface area (Å²) >= 11 is 0. The van der Waals surface area contributed by atoms with Crippen LogP contribution in [-0.2, 0) is 23.9 Å². The summed E-state index contributed by atoms with van der Waals surface area (Å²) in [6.45, 7) is 10.8. The lowest BCUT2D eigenvalue weighted by molar-refractivity contribution is -0.335. The molecule has 38 heavy (non-hydrogen) atoms. The molecule has 4 aliphatic rings. The molecule has 0 aromatic rings. The molecule has 0 aromatic carbocycles. The van der Waals surface area contributed by atoms with Gasteiger partial charge in [0, 0.05) is 31.1 Å². The number of carbonyl (C=O) groups excluding carboxylic acids is 3. The average Bonchev–Trinajstić information content (AvgIpc) is 2.81. The first-order chi connectivity index (χ1) is 17.4. The molecule has 1 aliphatic heterocycles. The summed E-state index contributed by atoms with van der Waals surface area (Å²) in [6.07, 6.45) is -6.65. The van der Waals surface area contributed by atoms with Crippen LogP contribution < -0.4 is 5.32 Å². The number of Topliss-reactive ketones (excluding diaryl/α,β-unsaturated/α-hetero) is 1. The Bertz CT molecular complexity index is 1070. The van der Waals surface area contributed by atoms with Gasteiger partial charge in [-0.15, -0.1) is 0 Å². The first-order valence-electron chi connectivity index (χ1n) is 13.2. The summed E-state index contributed by atoms with van der Waals surface area (Å²) in [6, 6.07) is -0.943. The van der Waals surface area contributed by atoms with E-state index in [0.29, 0.717) is 5.57 Å². The highest BCUT2D eigenvalue weighted by molar-refractivity contribution is 5.93. The minimum absolute atomic E-state index is 0.0130. The van der Waals surface area contributed by atoms with Crippen molar-refractivity contribution in [3.8, 4) is 0 Å². The Morgan fingerprint density at radius 2 is 1.79 bits per heavy atom. The Morgan fingerprint density at radius 3 is 2.32 bits per heavy atom. The van der Waals surface area contributed by atoms with Gasteiger partial charge < -0.3 is 40.3 Å². The van der Waals surface area contributed by atoms with Crippen molar-refractivity contribution in [2.75, 3.05) is 6.61 Å². The van der Waals surface area contributed by atoms with E-state index < -0.39 is 88.1 Å². The fourth-order valence-corrected chi connectivity index (χ4v) is 7.93. The molecule has 1 heterocycles. The molecule has 0 radical (unpaired) electrons. The van der Waals surface area contributed by atoms with Crippen molar-refractivity contribution in [3.63, 3.8) is 0 Å². The van der Waals surface area contributed by atoms with Crippen molar-refractivity contribution in [3.05, 3.63) is 11.1 Å². The standard InChI is InChI=1S/C27H41NO10/c1-11-15(38-23(34)19(31)13(3)28-14(4)29)9-27(36)12(2)21-25(7,16(30)8-17-26(21,35)10-37-17)22(33)20(32)18(11)24(27,5)6/h12-13,15-17,19-21,30-32,35-36H,8-10H2,1-7H3,(H,28,29)/t12-,13-,15?,16?,17?,19?,20?,21?,25+,26?,27?/m0/s1. The van der Waals surface area contributed by atoms with Crippen molar-refractivity contribution >= 4 is 17.7 Å². The van der Waals surface area contributed by atoms with Gasteiger partial charge in [0.05, 0.1) is 35.9 Å². The van der Waals surface area contributed by atoms with E-state index in [0.717, 1.165) is 0 Å². The van der Waals surface area contributed by atoms with Gasteiger partial charge in [0.2, 0.25) is 5.91 Å². The number of fused-ring (bicyclic) bond motifs is 5. The van der Waals surface area contributed by atoms with Crippen LogP contribution in [0.3, 0.4) is 0 Å². The lowest BCUT2D eigenvalue weighted by Crippen LogP contribution is -2.78. The SMILES string of the molecule is CC(=O)N[C@@H](C)C(O)C(=O)OC1CC2(O)[C@@H](C)C3C4(O)COC4CC(O)[C@@]3(C)C(=O)C(O)C(=C1C)C2(C)C. The minimum atomic E-state index is -1.75. The fraction of sp³-hybridized carbons (Fsp3) is 0.815. The Labute approximate surface area is 222 Å². The van der Waals surface area contributed by atoms with Gasteiger partial charge in [0.1, 0.15) is 17.8 Å². The van der Waals surface area contributed by atoms with Crippen LogP contribution in [0.1, 0.15) is 61.3 Å². The number of hydrogen-bond donors (Lipinski definition) is 6. The molecule has 1 saturated heterocycles. The third kappa shape index (κ3) is 3.73. The van der Waals surface area contributed by atoms with E-state index in [1.54, 1.807) is 27.7 Å². The summed E-state index contributed by atoms with van der Waals surface area (Å²) in [5, 5.41) is 59.7. The number of esters is 1. The minimum Gasteiger partial charge on any atom is -0.456 e. The van der Waals surface area contributed by atoms with Crippen LogP contribution >= 0.6 is 0 Å². The summed E-state index contributed by atoms with van der Waals surface area (Å²) in [7, 11) is 0. The van der Waals surface area contributed by atoms with Gasteiger partial charge in [-0.25, -0.2) is 4.79 Å². The normalized spacial score (nSPS) is 45.4. The predicted molar refractivity (Wildman–Crippen MR) is 132 cm³/mol. The topological polar surface area (TPSA) is 183 Å². The summed E-state index contributed by atoms with van der Waals surface area (Å²) in [5.74, 6) is -3.96. The van der Waals surface area contributed by atoms with Gasteiger partial charge in [-0.3, -0.25) is 9.59 Å². The molecule has 11 heteroatoms. The van der Waals surface area contributed by atoms with Crippen molar-refractivity contribution in [1.29, 1.82) is 0 Å². The summed E-state index contributed by atoms with van der Waals surface area (Å²) < 4.78 is 11.2. The zero-order valence-electron chi connectivity index (χ0n) is 23.0. The molecular formula is C27H41NO10.